The monoisotopic (exact) mass is 271 g/mol. The van der Waals surface area contributed by atoms with Crippen molar-refractivity contribution in [3.8, 4) is 5.75 Å². The van der Waals surface area contributed by atoms with Gasteiger partial charge in [0.15, 0.2) is 6.61 Å². The minimum Gasteiger partial charge on any atom is -0.484 e. The number of H-pyrrole nitrogens is 1. The Kier molecular flexibility index (Phi) is 3.41. The Balaban J connectivity index is 1.56. The summed E-state index contributed by atoms with van der Waals surface area (Å²) in [4.78, 5) is 21.2. The molecule has 1 amide bonds. The molecule has 1 aromatic heterocycles. The second-order valence-electron chi connectivity index (χ2n) is 4.99. The van der Waals surface area contributed by atoms with Crippen molar-refractivity contribution in [2.45, 2.75) is 19.9 Å². The summed E-state index contributed by atoms with van der Waals surface area (Å²) in [6.07, 6.45) is 2.48. The molecule has 1 aromatic carbocycles. The third-order valence-electron chi connectivity index (χ3n) is 3.51. The van der Waals surface area contributed by atoms with E-state index in [1.165, 1.54) is 5.56 Å². The summed E-state index contributed by atoms with van der Waals surface area (Å²) in [5.74, 6) is 0.731. The number of hydrogen-bond donors (Lipinski definition) is 1. The molecule has 2 heterocycles. The number of aromatic nitrogens is 2. The van der Waals surface area contributed by atoms with Crippen LogP contribution in [0.5, 0.6) is 5.75 Å². The summed E-state index contributed by atoms with van der Waals surface area (Å²) < 4.78 is 5.53. The predicted molar refractivity (Wildman–Crippen MR) is 74.4 cm³/mol. The van der Waals surface area contributed by atoms with E-state index < -0.39 is 0 Å². The fraction of sp³-hybridized carbons (Fsp3) is 0.333. The molecule has 5 heteroatoms. The van der Waals surface area contributed by atoms with E-state index in [2.05, 4.69) is 9.97 Å². The number of fused-ring (bicyclic) bond motifs is 1. The van der Waals surface area contributed by atoms with Gasteiger partial charge in [0.05, 0.1) is 24.3 Å². The lowest BCUT2D eigenvalue weighted by Gasteiger charge is -2.26. The van der Waals surface area contributed by atoms with Gasteiger partial charge in [-0.15, -0.1) is 0 Å². The van der Waals surface area contributed by atoms with Crippen molar-refractivity contribution < 1.29 is 9.53 Å². The predicted octanol–water partition coefficient (Wildman–Crippen LogP) is 1.68. The molecule has 0 unspecified atom stereocenters. The van der Waals surface area contributed by atoms with Crippen molar-refractivity contribution in [1.82, 2.24) is 14.9 Å². The number of ether oxygens (including phenoxy) is 1. The second-order valence-corrected chi connectivity index (χ2v) is 4.99. The van der Waals surface area contributed by atoms with Gasteiger partial charge in [-0.2, -0.15) is 0 Å². The summed E-state index contributed by atoms with van der Waals surface area (Å²) in [5, 5.41) is 0. The molecule has 0 saturated carbocycles. The minimum absolute atomic E-state index is 0.00539. The van der Waals surface area contributed by atoms with Gasteiger partial charge in [-0.3, -0.25) is 4.79 Å². The Bertz CT molecular complexity index is 604. The van der Waals surface area contributed by atoms with Crippen molar-refractivity contribution in [1.29, 1.82) is 0 Å². The van der Waals surface area contributed by atoms with Crippen LogP contribution in [0.4, 0.5) is 0 Å². The molecule has 0 radical (unpaired) electrons. The van der Waals surface area contributed by atoms with Crippen LogP contribution in [0.15, 0.2) is 30.6 Å². The van der Waals surface area contributed by atoms with Crippen LogP contribution in [0.3, 0.4) is 0 Å². The molecule has 0 atom stereocenters. The molecule has 0 saturated heterocycles. The number of rotatable bonds is 3. The molecule has 1 aliphatic rings. The summed E-state index contributed by atoms with van der Waals surface area (Å²) in [7, 11) is 0. The Hall–Kier alpha value is -2.30. The molecule has 0 spiro atoms. The molecule has 1 aliphatic heterocycles. The number of imidazole rings is 1. The van der Waals surface area contributed by atoms with Crippen molar-refractivity contribution in [2.24, 2.45) is 0 Å². The Labute approximate surface area is 117 Å². The molecule has 20 heavy (non-hydrogen) atoms. The quantitative estimate of drug-likeness (QED) is 0.924. The van der Waals surface area contributed by atoms with E-state index in [0.717, 1.165) is 23.6 Å². The maximum absolute atomic E-state index is 12.1. The lowest BCUT2D eigenvalue weighted by atomic mass is 10.1. The number of nitrogens with one attached hydrogen (secondary N) is 1. The summed E-state index contributed by atoms with van der Waals surface area (Å²) >= 11 is 0. The van der Waals surface area contributed by atoms with E-state index in [0.29, 0.717) is 13.1 Å². The molecule has 0 bridgehead atoms. The first-order chi connectivity index (χ1) is 9.72. The first kappa shape index (κ1) is 12.7. The SMILES string of the molecule is Cc1ccc(OCC(=O)N2CCc3nc[nH]c3C2)cc1. The molecular formula is C15H17N3O2. The highest BCUT2D eigenvalue weighted by Gasteiger charge is 2.22. The smallest absolute Gasteiger partial charge is 0.260 e. The zero-order valence-corrected chi connectivity index (χ0v) is 11.4. The van der Waals surface area contributed by atoms with E-state index >= 15 is 0 Å². The summed E-state index contributed by atoms with van der Waals surface area (Å²) in [6.45, 7) is 3.39. The number of aromatic amines is 1. The molecule has 5 nitrogen and oxygen atoms in total. The minimum atomic E-state index is 0.00539. The van der Waals surface area contributed by atoms with E-state index in [4.69, 9.17) is 4.74 Å². The average Bonchev–Trinajstić information content (AvgIpc) is 2.93. The van der Waals surface area contributed by atoms with Crippen molar-refractivity contribution in [3.05, 3.63) is 47.5 Å². The fourth-order valence-electron chi connectivity index (χ4n) is 2.30. The van der Waals surface area contributed by atoms with Crippen LogP contribution < -0.4 is 4.74 Å². The van der Waals surface area contributed by atoms with Crippen LogP contribution >= 0.6 is 0 Å². The fourth-order valence-corrected chi connectivity index (χ4v) is 2.30. The first-order valence-corrected chi connectivity index (χ1v) is 6.71. The van der Waals surface area contributed by atoms with Crippen LogP contribution in [0.2, 0.25) is 0 Å². The highest BCUT2D eigenvalue weighted by Crippen LogP contribution is 2.16. The topological polar surface area (TPSA) is 58.2 Å². The van der Waals surface area contributed by atoms with Gasteiger partial charge in [-0.1, -0.05) is 17.7 Å². The van der Waals surface area contributed by atoms with Gasteiger partial charge in [0.25, 0.3) is 5.91 Å². The van der Waals surface area contributed by atoms with Crippen LogP contribution in [0.25, 0.3) is 0 Å². The summed E-state index contributed by atoms with van der Waals surface area (Å²) in [5.41, 5.74) is 3.26. The lowest BCUT2D eigenvalue weighted by molar-refractivity contribution is -0.134. The van der Waals surface area contributed by atoms with Gasteiger partial charge >= 0.3 is 0 Å². The van der Waals surface area contributed by atoms with Crippen molar-refractivity contribution >= 4 is 5.91 Å². The third kappa shape index (κ3) is 2.66. The van der Waals surface area contributed by atoms with Crippen molar-refractivity contribution in [2.75, 3.05) is 13.2 Å². The average molecular weight is 271 g/mol. The number of benzene rings is 1. The van der Waals surface area contributed by atoms with E-state index in [9.17, 15) is 4.79 Å². The van der Waals surface area contributed by atoms with Crippen LogP contribution in [-0.4, -0.2) is 33.9 Å². The zero-order chi connectivity index (χ0) is 13.9. The number of carbonyl (C=O) groups is 1. The number of aryl methyl sites for hydroxylation is 1. The molecule has 1 N–H and O–H groups in total. The largest absolute Gasteiger partial charge is 0.484 e. The van der Waals surface area contributed by atoms with Gasteiger partial charge in [0.1, 0.15) is 5.75 Å². The molecule has 3 rings (SSSR count). The van der Waals surface area contributed by atoms with Crippen LogP contribution in [0, 0.1) is 6.92 Å². The molecule has 104 valence electrons. The van der Waals surface area contributed by atoms with Gasteiger partial charge in [0, 0.05) is 13.0 Å². The highest BCUT2D eigenvalue weighted by molar-refractivity contribution is 5.78. The second kappa shape index (κ2) is 5.36. The number of nitrogens with zero attached hydrogens (tertiary/aromatic N) is 2. The summed E-state index contributed by atoms with van der Waals surface area (Å²) in [6, 6.07) is 7.70. The number of hydrogen-bond acceptors (Lipinski definition) is 3. The Morgan fingerprint density at radius 2 is 2.20 bits per heavy atom. The van der Waals surface area contributed by atoms with Crippen LogP contribution in [0.1, 0.15) is 17.0 Å². The van der Waals surface area contributed by atoms with Gasteiger partial charge < -0.3 is 14.6 Å². The first-order valence-electron chi connectivity index (χ1n) is 6.71. The maximum atomic E-state index is 12.1. The molecule has 0 aliphatic carbocycles. The zero-order valence-electron chi connectivity index (χ0n) is 11.4. The van der Waals surface area contributed by atoms with Crippen LogP contribution in [-0.2, 0) is 17.8 Å². The van der Waals surface area contributed by atoms with E-state index in [1.54, 1.807) is 11.2 Å². The molecule has 2 aromatic rings. The van der Waals surface area contributed by atoms with Crippen molar-refractivity contribution in [3.63, 3.8) is 0 Å². The number of amides is 1. The van der Waals surface area contributed by atoms with E-state index in [-0.39, 0.29) is 12.5 Å². The van der Waals surface area contributed by atoms with Gasteiger partial charge in [-0.05, 0) is 19.1 Å². The standard InChI is InChI=1S/C15H17N3O2/c1-11-2-4-12(5-3-11)20-9-15(19)18-7-6-13-14(8-18)17-10-16-13/h2-5,10H,6-9H2,1H3,(H,16,17). The Morgan fingerprint density at radius 1 is 1.40 bits per heavy atom. The Morgan fingerprint density at radius 3 is 3.00 bits per heavy atom. The number of carbonyl (C=O) groups excluding carboxylic acids is 1. The normalized spacial score (nSPS) is 13.9. The van der Waals surface area contributed by atoms with Gasteiger partial charge in [-0.25, -0.2) is 4.98 Å². The van der Waals surface area contributed by atoms with E-state index in [1.807, 2.05) is 31.2 Å². The third-order valence-corrected chi connectivity index (χ3v) is 3.51. The highest BCUT2D eigenvalue weighted by atomic mass is 16.5. The van der Waals surface area contributed by atoms with Gasteiger partial charge in [0.2, 0.25) is 0 Å². The molecule has 0 fully saturated rings. The molecular weight excluding hydrogens is 254 g/mol. The maximum Gasteiger partial charge on any atom is 0.260 e. The lowest BCUT2D eigenvalue weighted by Crippen LogP contribution is -2.38.